The fourth-order valence-corrected chi connectivity index (χ4v) is 5.76. The molecule has 1 aromatic heterocycles. The molecule has 1 heterocycles. The molecule has 1 aromatic rings. The van der Waals surface area contributed by atoms with Gasteiger partial charge in [-0.25, -0.2) is 4.98 Å². The molecule has 0 aliphatic heterocycles. The van der Waals surface area contributed by atoms with Crippen molar-refractivity contribution in [2.75, 3.05) is 5.32 Å². The van der Waals surface area contributed by atoms with Gasteiger partial charge in [0.2, 0.25) is 5.91 Å². The van der Waals surface area contributed by atoms with Crippen molar-refractivity contribution in [1.82, 2.24) is 4.98 Å². The highest BCUT2D eigenvalue weighted by molar-refractivity contribution is 9.10. The van der Waals surface area contributed by atoms with E-state index in [4.69, 9.17) is 11.6 Å². The minimum Gasteiger partial charge on any atom is -0.310 e. The lowest BCUT2D eigenvalue weighted by atomic mass is 9.64. The maximum Gasteiger partial charge on any atom is 0.233 e. The maximum atomic E-state index is 13.0. The van der Waals surface area contributed by atoms with Gasteiger partial charge in [0.25, 0.3) is 0 Å². The summed E-state index contributed by atoms with van der Waals surface area (Å²) in [7, 11) is 0. The van der Waals surface area contributed by atoms with Crippen LogP contribution in [0.2, 0.25) is 5.02 Å². The summed E-state index contributed by atoms with van der Waals surface area (Å²) in [5.41, 5.74) is -1.63. The van der Waals surface area contributed by atoms with Crippen LogP contribution in [0.15, 0.2) is 18.3 Å². The van der Waals surface area contributed by atoms with Crippen molar-refractivity contribution < 1.29 is 9.59 Å². The van der Waals surface area contributed by atoms with Crippen LogP contribution in [0, 0.1) is 16.2 Å². The number of aromatic nitrogens is 1. The molecule has 0 spiro atoms. The lowest BCUT2D eigenvalue weighted by Gasteiger charge is -2.39. The van der Waals surface area contributed by atoms with Gasteiger partial charge in [-0.15, -0.1) is 0 Å². The first kappa shape index (κ1) is 15.9. The van der Waals surface area contributed by atoms with Crippen molar-refractivity contribution in [1.29, 1.82) is 0 Å². The molecule has 0 aromatic carbocycles. The number of alkyl halides is 1. The molecule has 118 valence electrons. The fourth-order valence-electron chi connectivity index (χ4n) is 4.13. The Balaban J connectivity index is 1.97. The Kier molecular flexibility index (Phi) is 3.46. The molecule has 6 heteroatoms. The topological polar surface area (TPSA) is 59.1 Å². The molecule has 22 heavy (non-hydrogen) atoms. The number of carbonyl (C=O) groups is 2. The third kappa shape index (κ3) is 1.72. The van der Waals surface area contributed by atoms with Gasteiger partial charge in [0.15, 0.2) is 5.78 Å². The number of hydrogen-bond acceptors (Lipinski definition) is 3. The summed E-state index contributed by atoms with van der Waals surface area (Å²) in [6.45, 7) is 6.02. The van der Waals surface area contributed by atoms with Crippen molar-refractivity contribution in [3.63, 3.8) is 0 Å². The second-order valence-electron chi connectivity index (χ2n) is 6.97. The van der Waals surface area contributed by atoms with E-state index in [2.05, 4.69) is 26.2 Å². The summed E-state index contributed by atoms with van der Waals surface area (Å²) >= 11 is 9.32. The van der Waals surface area contributed by atoms with Crippen LogP contribution in [-0.4, -0.2) is 21.5 Å². The highest BCUT2D eigenvalue weighted by Gasteiger charge is 2.76. The molecule has 2 saturated carbocycles. The number of halogens is 2. The average Bonchev–Trinajstić information content (AvgIpc) is 2.74. The third-order valence-electron chi connectivity index (χ3n) is 6.09. The second kappa shape index (κ2) is 4.78. The first-order valence-electron chi connectivity index (χ1n) is 7.28. The SMILES string of the molecule is CC1(C)[C@@]2(C)CC[C@@]1(C(=O)Nc1ccc(Cl)cn1)[C@H](Br)C2=O. The lowest BCUT2D eigenvalue weighted by Crippen LogP contribution is -2.48. The van der Waals surface area contributed by atoms with Gasteiger partial charge in [0, 0.05) is 11.6 Å². The van der Waals surface area contributed by atoms with Crippen LogP contribution in [0.4, 0.5) is 5.82 Å². The molecule has 2 aliphatic rings. The number of fused-ring (bicyclic) bond motifs is 2. The van der Waals surface area contributed by atoms with Gasteiger partial charge in [-0.05, 0) is 30.4 Å². The molecule has 2 aliphatic carbocycles. The second-order valence-corrected chi connectivity index (χ2v) is 8.32. The fraction of sp³-hybridized carbons (Fsp3) is 0.562. The summed E-state index contributed by atoms with van der Waals surface area (Å²) in [5, 5.41) is 3.38. The van der Waals surface area contributed by atoms with Gasteiger partial charge in [0.1, 0.15) is 5.82 Å². The van der Waals surface area contributed by atoms with Crippen LogP contribution in [0.1, 0.15) is 33.6 Å². The van der Waals surface area contributed by atoms with E-state index < -0.39 is 21.1 Å². The van der Waals surface area contributed by atoms with Gasteiger partial charge in [0.05, 0.1) is 15.3 Å². The zero-order valence-electron chi connectivity index (χ0n) is 12.7. The van der Waals surface area contributed by atoms with Crippen molar-refractivity contribution in [2.24, 2.45) is 16.2 Å². The summed E-state index contributed by atoms with van der Waals surface area (Å²) in [5.74, 6) is 0.430. The number of amides is 1. The molecular weight excluding hydrogens is 368 g/mol. The third-order valence-corrected chi connectivity index (χ3v) is 7.52. The number of rotatable bonds is 2. The first-order chi connectivity index (χ1) is 10.2. The number of hydrogen-bond donors (Lipinski definition) is 1. The Morgan fingerprint density at radius 2 is 2.05 bits per heavy atom. The van der Waals surface area contributed by atoms with Crippen molar-refractivity contribution in [3.8, 4) is 0 Å². The minimum atomic E-state index is -0.750. The van der Waals surface area contributed by atoms with Crippen LogP contribution >= 0.6 is 27.5 Å². The lowest BCUT2D eigenvalue weighted by molar-refractivity contribution is -0.130. The maximum absolute atomic E-state index is 13.0. The van der Waals surface area contributed by atoms with Crippen molar-refractivity contribution in [2.45, 2.75) is 38.4 Å². The van der Waals surface area contributed by atoms with Crippen molar-refractivity contribution >= 4 is 45.0 Å². The quantitative estimate of drug-likeness (QED) is 0.787. The number of carbonyl (C=O) groups excluding carboxylic acids is 2. The molecule has 2 fully saturated rings. The van der Waals surface area contributed by atoms with Crippen LogP contribution < -0.4 is 5.32 Å². The van der Waals surface area contributed by atoms with Crippen LogP contribution in [0.5, 0.6) is 0 Å². The largest absolute Gasteiger partial charge is 0.310 e. The van der Waals surface area contributed by atoms with E-state index in [0.717, 1.165) is 6.42 Å². The van der Waals surface area contributed by atoms with Crippen LogP contribution in [-0.2, 0) is 9.59 Å². The number of anilines is 1. The minimum absolute atomic E-state index is 0.128. The Labute approximate surface area is 143 Å². The molecule has 0 saturated heterocycles. The number of pyridine rings is 1. The highest BCUT2D eigenvalue weighted by atomic mass is 79.9. The molecular formula is C16H18BrClN2O2. The Morgan fingerprint density at radius 1 is 1.36 bits per heavy atom. The number of Topliss-reactive ketones (excluding diaryl/α,β-unsaturated/α-hetero) is 1. The molecule has 0 unspecified atom stereocenters. The molecule has 3 rings (SSSR count). The molecule has 1 amide bonds. The van der Waals surface area contributed by atoms with Crippen LogP contribution in [0.3, 0.4) is 0 Å². The summed E-state index contributed by atoms with van der Waals surface area (Å²) in [6.07, 6.45) is 2.92. The van der Waals surface area contributed by atoms with Crippen molar-refractivity contribution in [3.05, 3.63) is 23.4 Å². The Bertz CT molecular complexity index is 661. The van der Waals surface area contributed by atoms with E-state index in [1.54, 1.807) is 12.1 Å². The normalized spacial score (nSPS) is 35.7. The predicted molar refractivity (Wildman–Crippen MR) is 89.2 cm³/mol. The molecule has 3 atom stereocenters. The van der Waals surface area contributed by atoms with Gasteiger partial charge >= 0.3 is 0 Å². The summed E-state index contributed by atoms with van der Waals surface area (Å²) < 4.78 is 0. The van der Waals surface area contributed by atoms with Gasteiger partial charge in [-0.1, -0.05) is 48.3 Å². The van der Waals surface area contributed by atoms with E-state index in [1.807, 2.05) is 20.8 Å². The van der Waals surface area contributed by atoms with Gasteiger partial charge < -0.3 is 5.32 Å². The standard InChI is InChI=1S/C16H18BrClN2O2/c1-14(2)15(3)6-7-16(14,11(17)12(15)21)13(22)20-10-5-4-9(18)8-19-10/h4-5,8,11H,6-7H2,1-3H3,(H,19,20,22)/t11-,15+,16+/m1/s1. The van der Waals surface area contributed by atoms with E-state index in [-0.39, 0.29) is 11.7 Å². The molecule has 0 radical (unpaired) electrons. The average molecular weight is 386 g/mol. The predicted octanol–water partition coefficient (Wildman–Crippen LogP) is 3.83. The smallest absolute Gasteiger partial charge is 0.233 e. The van der Waals surface area contributed by atoms with E-state index >= 15 is 0 Å². The number of nitrogens with zero attached hydrogens (tertiary/aromatic N) is 1. The zero-order valence-corrected chi connectivity index (χ0v) is 15.1. The zero-order chi connectivity index (χ0) is 16.3. The van der Waals surface area contributed by atoms with Gasteiger partial charge in [-0.3, -0.25) is 9.59 Å². The molecule has 1 N–H and O–H groups in total. The molecule has 2 bridgehead atoms. The van der Waals surface area contributed by atoms with E-state index in [1.165, 1.54) is 6.20 Å². The van der Waals surface area contributed by atoms with E-state index in [9.17, 15) is 9.59 Å². The number of nitrogens with one attached hydrogen (secondary N) is 1. The number of ketones is 1. The monoisotopic (exact) mass is 384 g/mol. The highest BCUT2D eigenvalue weighted by Crippen LogP contribution is 2.72. The molecule has 4 nitrogen and oxygen atoms in total. The van der Waals surface area contributed by atoms with Crippen LogP contribution in [0.25, 0.3) is 0 Å². The van der Waals surface area contributed by atoms with Gasteiger partial charge in [-0.2, -0.15) is 0 Å². The summed E-state index contributed by atoms with van der Waals surface area (Å²) in [4.78, 5) is 29.3. The Hall–Kier alpha value is -0.940. The van der Waals surface area contributed by atoms with E-state index in [0.29, 0.717) is 17.3 Å². The Morgan fingerprint density at radius 3 is 2.55 bits per heavy atom. The summed E-state index contributed by atoms with van der Waals surface area (Å²) in [6, 6.07) is 3.34. The first-order valence-corrected chi connectivity index (χ1v) is 8.57.